The quantitative estimate of drug-likeness (QED) is 0.703. The van der Waals surface area contributed by atoms with Gasteiger partial charge in [0.1, 0.15) is 0 Å². The standard InChI is InChI=1S/C22H27ClN2O3S/c1-3-16(2)17-4-8-20(9-5-17)24-22(26)18-12-14-25(15-13-18)29(27,28)21-10-6-19(23)7-11-21/h4-11,16,18H,3,12-15H2,1-2H3,(H,24,26)/t16-/m1/s1. The molecular formula is C22H27ClN2O3S. The number of nitrogens with one attached hydrogen (secondary N) is 1. The number of rotatable bonds is 6. The average molecular weight is 435 g/mol. The van der Waals surface area contributed by atoms with Gasteiger partial charge in [0.2, 0.25) is 15.9 Å². The third kappa shape index (κ3) is 5.18. The van der Waals surface area contributed by atoms with Crippen molar-refractivity contribution in [2.45, 2.75) is 43.9 Å². The number of amides is 1. The fraction of sp³-hybridized carbons (Fsp3) is 0.409. The van der Waals surface area contributed by atoms with Crippen molar-refractivity contribution in [3.05, 3.63) is 59.1 Å². The molecule has 2 aromatic rings. The van der Waals surface area contributed by atoms with Gasteiger partial charge in [-0.15, -0.1) is 0 Å². The zero-order valence-corrected chi connectivity index (χ0v) is 18.3. The maximum Gasteiger partial charge on any atom is 0.243 e. The van der Waals surface area contributed by atoms with Crippen LogP contribution < -0.4 is 5.32 Å². The van der Waals surface area contributed by atoms with Gasteiger partial charge in [-0.2, -0.15) is 4.31 Å². The van der Waals surface area contributed by atoms with Crippen molar-refractivity contribution < 1.29 is 13.2 Å². The summed E-state index contributed by atoms with van der Waals surface area (Å²) in [5.41, 5.74) is 2.03. The first-order valence-electron chi connectivity index (χ1n) is 9.97. The molecule has 5 nitrogen and oxygen atoms in total. The molecule has 0 aromatic heterocycles. The van der Waals surface area contributed by atoms with Gasteiger partial charge in [0, 0.05) is 29.7 Å². The van der Waals surface area contributed by atoms with Crippen molar-refractivity contribution in [1.29, 1.82) is 0 Å². The van der Waals surface area contributed by atoms with Crippen LogP contribution in [-0.4, -0.2) is 31.7 Å². The van der Waals surface area contributed by atoms with E-state index in [-0.39, 0.29) is 16.7 Å². The van der Waals surface area contributed by atoms with Crippen LogP contribution in [0.15, 0.2) is 53.4 Å². The van der Waals surface area contributed by atoms with E-state index in [1.54, 1.807) is 12.1 Å². The van der Waals surface area contributed by atoms with Crippen molar-refractivity contribution in [2.75, 3.05) is 18.4 Å². The van der Waals surface area contributed by atoms with Gasteiger partial charge < -0.3 is 5.32 Å². The lowest BCUT2D eigenvalue weighted by Crippen LogP contribution is -2.41. The Kier molecular flexibility index (Phi) is 6.98. The fourth-order valence-electron chi connectivity index (χ4n) is 3.49. The summed E-state index contributed by atoms with van der Waals surface area (Å²) in [4.78, 5) is 12.8. The van der Waals surface area contributed by atoms with Gasteiger partial charge in [0.25, 0.3) is 0 Å². The molecule has 3 rings (SSSR count). The van der Waals surface area contributed by atoms with E-state index >= 15 is 0 Å². The predicted octanol–water partition coefficient (Wildman–Crippen LogP) is 4.89. The summed E-state index contributed by atoms with van der Waals surface area (Å²) in [5.74, 6) is 0.248. The predicted molar refractivity (Wildman–Crippen MR) is 117 cm³/mol. The van der Waals surface area contributed by atoms with Crippen molar-refractivity contribution in [3.8, 4) is 0 Å². The van der Waals surface area contributed by atoms with Crippen LogP contribution in [0.5, 0.6) is 0 Å². The van der Waals surface area contributed by atoms with Gasteiger partial charge >= 0.3 is 0 Å². The van der Waals surface area contributed by atoms with Gasteiger partial charge in [-0.1, -0.05) is 37.6 Å². The monoisotopic (exact) mass is 434 g/mol. The van der Waals surface area contributed by atoms with Crippen LogP contribution in [0.25, 0.3) is 0 Å². The molecule has 0 saturated carbocycles. The summed E-state index contributed by atoms with van der Waals surface area (Å²) in [7, 11) is -3.56. The smallest absolute Gasteiger partial charge is 0.243 e. The molecule has 0 radical (unpaired) electrons. The summed E-state index contributed by atoms with van der Waals surface area (Å²) in [6, 6.07) is 14.1. The molecule has 0 aliphatic carbocycles. The summed E-state index contributed by atoms with van der Waals surface area (Å²) in [5, 5.41) is 3.46. The number of carbonyl (C=O) groups excluding carboxylic acids is 1. The molecule has 156 valence electrons. The molecule has 1 aliphatic heterocycles. The number of anilines is 1. The third-order valence-electron chi connectivity index (χ3n) is 5.64. The number of hydrogen-bond acceptors (Lipinski definition) is 3. The van der Waals surface area contributed by atoms with Crippen LogP contribution in [0, 0.1) is 5.92 Å². The fourth-order valence-corrected chi connectivity index (χ4v) is 5.08. The van der Waals surface area contributed by atoms with Gasteiger partial charge in [0.05, 0.1) is 4.90 Å². The third-order valence-corrected chi connectivity index (χ3v) is 7.80. The van der Waals surface area contributed by atoms with Crippen LogP contribution in [0.2, 0.25) is 5.02 Å². The molecular weight excluding hydrogens is 408 g/mol. The minimum absolute atomic E-state index is 0.0511. The van der Waals surface area contributed by atoms with E-state index < -0.39 is 10.0 Å². The molecule has 1 N–H and O–H groups in total. The largest absolute Gasteiger partial charge is 0.326 e. The number of benzene rings is 2. The summed E-state index contributed by atoms with van der Waals surface area (Å²) in [6.45, 7) is 4.99. The number of hydrogen-bond donors (Lipinski definition) is 1. The second kappa shape index (κ2) is 9.28. The molecule has 29 heavy (non-hydrogen) atoms. The highest BCUT2D eigenvalue weighted by molar-refractivity contribution is 7.89. The number of nitrogens with zero attached hydrogens (tertiary/aromatic N) is 1. The number of sulfonamides is 1. The van der Waals surface area contributed by atoms with E-state index in [0.717, 1.165) is 12.1 Å². The Labute approximate surface area is 178 Å². The Hall–Kier alpha value is -1.89. The van der Waals surface area contributed by atoms with Crippen molar-refractivity contribution in [2.24, 2.45) is 5.92 Å². The highest BCUT2D eigenvalue weighted by atomic mass is 35.5. The zero-order chi connectivity index (χ0) is 21.0. The lowest BCUT2D eigenvalue weighted by molar-refractivity contribution is -0.120. The first-order valence-corrected chi connectivity index (χ1v) is 11.8. The molecule has 7 heteroatoms. The molecule has 1 aliphatic rings. The van der Waals surface area contributed by atoms with E-state index in [1.165, 1.54) is 22.0 Å². The maximum atomic E-state index is 12.8. The molecule has 0 unspecified atom stereocenters. The summed E-state index contributed by atoms with van der Waals surface area (Å²) >= 11 is 5.85. The van der Waals surface area contributed by atoms with Crippen LogP contribution >= 0.6 is 11.6 Å². The molecule has 1 heterocycles. The van der Waals surface area contributed by atoms with Crippen LogP contribution in [-0.2, 0) is 14.8 Å². The molecule has 1 saturated heterocycles. The van der Waals surface area contributed by atoms with Gasteiger partial charge in [-0.25, -0.2) is 8.42 Å². The van der Waals surface area contributed by atoms with Gasteiger partial charge in [0.15, 0.2) is 0 Å². The lowest BCUT2D eigenvalue weighted by Gasteiger charge is -2.30. The molecule has 0 spiro atoms. The Morgan fingerprint density at radius 2 is 1.69 bits per heavy atom. The highest BCUT2D eigenvalue weighted by Crippen LogP contribution is 2.26. The van der Waals surface area contributed by atoms with Crippen molar-refractivity contribution >= 4 is 33.2 Å². The van der Waals surface area contributed by atoms with Crippen molar-refractivity contribution in [1.82, 2.24) is 4.31 Å². The number of halogens is 1. The highest BCUT2D eigenvalue weighted by Gasteiger charge is 2.32. The first kappa shape index (κ1) is 21.8. The summed E-state index contributed by atoms with van der Waals surface area (Å²) in [6.07, 6.45) is 2.08. The van der Waals surface area contributed by atoms with Crippen molar-refractivity contribution in [3.63, 3.8) is 0 Å². The molecule has 1 fully saturated rings. The Balaban J connectivity index is 1.57. The van der Waals surface area contributed by atoms with E-state index in [4.69, 9.17) is 11.6 Å². The topological polar surface area (TPSA) is 66.5 Å². The minimum atomic E-state index is -3.56. The van der Waals surface area contributed by atoms with E-state index in [0.29, 0.717) is 36.9 Å². The van der Waals surface area contributed by atoms with Gasteiger partial charge in [-0.05, 0) is 67.1 Å². The molecule has 1 amide bonds. The Morgan fingerprint density at radius 1 is 1.10 bits per heavy atom. The van der Waals surface area contributed by atoms with Crippen LogP contribution in [0.1, 0.15) is 44.6 Å². The second-order valence-electron chi connectivity index (χ2n) is 7.55. The van der Waals surface area contributed by atoms with E-state index in [2.05, 4.69) is 19.2 Å². The Bertz CT molecular complexity index is 935. The molecule has 0 bridgehead atoms. The average Bonchev–Trinajstić information content (AvgIpc) is 2.74. The zero-order valence-electron chi connectivity index (χ0n) is 16.8. The second-order valence-corrected chi connectivity index (χ2v) is 9.93. The van der Waals surface area contributed by atoms with Crippen LogP contribution in [0.4, 0.5) is 5.69 Å². The SMILES string of the molecule is CC[C@@H](C)c1ccc(NC(=O)C2CCN(S(=O)(=O)c3ccc(Cl)cc3)CC2)cc1. The van der Waals surface area contributed by atoms with Crippen LogP contribution in [0.3, 0.4) is 0 Å². The Morgan fingerprint density at radius 3 is 2.24 bits per heavy atom. The maximum absolute atomic E-state index is 12.8. The first-order chi connectivity index (χ1) is 13.8. The molecule has 2 aromatic carbocycles. The molecule has 1 atom stereocenters. The van der Waals surface area contributed by atoms with Gasteiger partial charge in [-0.3, -0.25) is 4.79 Å². The number of carbonyl (C=O) groups is 1. The summed E-state index contributed by atoms with van der Waals surface area (Å²) < 4.78 is 27.0. The minimum Gasteiger partial charge on any atom is -0.326 e. The normalized spacial score (nSPS) is 17.1. The lowest BCUT2D eigenvalue weighted by atomic mass is 9.96. The van der Waals surface area contributed by atoms with E-state index in [1.807, 2.05) is 24.3 Å². The van der Waals surface area contributed by atoms with E-state index in [9.17, 15) is 13.2 Å². The number of piperidine rings is 1.